The van der Waals surface area contributed by atoms with Crippen molar-refractivity contribution in [3.05, 3.63) is 58.1 Å². The molecule has 2 aromatic rings. The molecule has 0 saturated carbocycles. The van der Waals surface area contributed by atoms with Crippen molar-refractivity contribution in [2.75, 3.05) is 20.3 Å². The average molecular weight is 416 g/mol. The third kappa shape index (κ3) is 5.11. The van der Waals surface area contributed by atoms with Crippen LogP contribution < -0.4 is 14.2 Å². The van der Waals surface area contributed by atoms with Crippen LogP contribution >= 0.6 is 15.9 Å². The Kier molecular flexibility index (Phi) is 7.24. The lowest BCUT2D eigenvalue weighted by Gasteiger charge is -2.12. The molecular formula is C20H18BrNO4. The van der Waals surface area contributed by atoms with E-state index < -0.39 is 0 Å². The van der Waals surface area contributed by atoms with Crippen LogP contribution in [0.2, 0.25) is 0 Å². The number of methoxy groups -OCH3 is 1. The molecule has 2 rings (SSSR count). The van der Waals surface area contributed by atoms with Gasteiger partial charge in [0.25, 0.3) is 0 Å². The number of hydrogen-bond acceptors (Lipinski definition) is 5. The van der Waals surface area contributed by atoms with E-state index in [1.165, 1.54) is 6.08 Å². The van der Waals surface area contributed by atoms with Crippen LogP contribution in [0.4, 0.5) is 0 Å². The van der Waals surface area contributed by atoms with Gasteiger partial charge >= 0.3 is 0 Å². The number of nitriles is 1. The number of carbonyl (C=O) groups is 1. The highest BCUT2D eigenvalue weighted by Crippen LogP contribution is 2.36. The van der Waals surface area contributed by atoms with E-state index in [0.29, 0.717) is 29.4 Å². The summed E-state index contributed by atoms with van der Waals surface area (Å²) in [6.45, 7) is 2.38. The molecule has 0 atom stereocenters. The maximum Gasteiger partial charge on any atom is 0.185 e. The number of nitrogens with zero attached hydrogens (tertiary/aromatic N) is 1. The minimum atomic E-state index is -0.137. The Balaban J connectivity index is 2.16. The molecular weight excluding hydrogens is 398 g/mol. The van der Waals surface area contributed by atoms with Gasteiger partial charge in [-0.05, 0) is 70.9 Å². The van der Waals surface area contributed by atoms with Gasteiger partial charge in [-0.15, -0.1) is 0 Å². The van der Waals surface area contributed by atoms with Crippen molar-refractivity contribution < 1.29 is 19.0 Å². The topological polar surface area (TPSA) is 68.5 Å². The van der Waals surface area contributed by atoms with Gasteiger partial charge in [0, 0.05) is 5.56 Å². The predicted molar refractivity (Wildman–Crippen MR) is 103 cm³/mol. The lowest BCUT2D eigenvalue weighted by atomic mass is 10.1. The van der Waals surface area contributed by atoms with Crippen LogP contribution in [0.25, 0.3) is 6.08 Å². The second-order valence-electron chi connectivity index (χ2n) is 5.14. The molecule has 0 aliphatic heterocycles. The van der Waals surface area contributed by atoms with Crippen molar-refractivity contribution in [3.8, 4) is 23.3 Å². The van der Waals surface area contributed by atoms with E-state index >= 15 is 0 Å². The summed E-state index contributed by atoms with van der Waals surface area (Å²) >= 11 is 3.45. The van der Waals surface area contributed by atoms with Crippen molar-refractivity contribution >= 4 is 27.8 Å². The van der Waals surface area contributed by atoms with Gasteiger partial charge in [-0.3, -0.25) is 4.79 Å². The van der Waals surface area contributed by atoms with E-state index in [2.05, 4.69) is 15.9 Å². The Labute approximate surface area is 160 Å². The van der Waals surface area contributed by atoms with Crippen molar-refractivity contribution in [2.45, 2.75) is 6.92 Å². The van der Waals surface area contributed by atoms with E-state index in [9.17, 15) is 4.79 Å². The molecule has 6 heteroatoms. The molecule has 0 aliphatic carbocycles. The van der Waals surface area contributed by atoms with Gasteiger partial charge in [0.15, 0.2) is 23.9 Å². The van der Waals surface area contributed by atoms with Gasteiger partial charge in [-0.1, -0.05) is 6.08 Å². The zero-order valence-corrected chi connectivity index (χ0v) is 16.1. The SMILES string of the molecule is CCOc1cc(/C=C/C(=O)c2ccc(OCC#N)cc2)cc(Br)c1OC. The van der Waals surface area contributed by atoms with Crippen molar-refractivity contribution in [2.24, 2.45) is 0 Å². The van der Waals surface area contributed by atoms with E-state index in [1.54, 1.807) is 37.5 Å². The summed E-state index contributed by atoms with van der Waals surface area (Å²) < 4.78 is 16.8. The number of benzene rings is 2. The first-order valence-electron chi connectivity index (χ1n) is 7.91. The Bertz CT molecular complexity index is 838. The first-order chi connectivity index (χ1) is 12.6. The monoisotopic (exact) mass is 415 g/mol. The van der Waals surface area contributed by atoms with Crippen molar-refractivity contribution in [1.29, 1.82) is 5.26 Å². The van der Waals surface area contributed by atoms with Gasteiger partial charge in [-0.2, -0.15) is 5.26 Å². The molecule has 0 spiro atoms. The Hall–Kier alpha value is -2.78. The largest absolute Gasteiger partial charge is 0.492 e. The minimum absolute atomic E-state index is 0.0261. The fourth-order valence-corrected chi connectivity index (χ4v) is 2.87. The molecule has 5 nitrogen and oxygen atoms in total. The van der Waals surface area contributed by atoms with E-state index in [1.807, 2.05) is 25.1 Å². The van der Waals surface area contributed by atoms with Crippen LogP contribution in [0.1, 0.15) is 22.8 Å². The summed E-state index contributed by atoms with van der Waals surface area (Å²) in [5, 5.41) is 8.50. The molecule has 2 aromatic carbocycles. The molecule has 0 unspecified atom stereocenters. The first-order valence-corrected chi connectivity index (χ1v) is 8.71. The van der Waals surface area contributed by atoms with Crippen LogP contribution in [0.5, 0.6) is 17.2 Å². The summed E-state index contributed by atoms with van der Waals surface area (Å²) in [5.74, 6) is 1.63. The van der Waals surface area contributed by atoms with Gasteiger partial charge < -0.3 is 14.2 Å². The van der Waals surface area contributed by atoms with Gasteiger partial charge in [0.2, 0.25) is 0 Å². The standard InChI is InChI=1S/C20H18BrNO4/c1-3-25-19-13-14(12-17(21)20(19)24-2)4-9-18(23)15-5-7-16(8-6-15)26-11-10-22/h4-9,12-13H,3,11H2,1-2H3/b9-4+. The smallest absolute Gasteiger partial charge is 0.185 e. The minimum Gasteiger partial charge on any atom is -0.492 e. The van der Waals surface area contributed by atoms with Crippen LogP contribution in [0.3, 0.4) is 0 Å². The van der Waals surface area contributed by atoms with Crippen LogP contribution in [0.15, 0.2) is 46.9 Å². The molecule has 0 amide bonds. The highest BCUT2D eigenvalue weighted by atomic mass is 79.9. The molecule has 0 aliphatic rings. The van der Waals surface area contributed by atoms with Gasteiger partial charge in [-0.25, -0.2) is 0 Å². The summed E-state index contributed by atoms with van der Waals surface area (Å²) in [7, 11) is 1.58. The van der Waals surface area contributed by atoms with Crippen LogP contribution in [-0.4, -0.2) is 26.1 Å². The third-order valence-electron chi connectivity index (χ3n) is 3.41. The molecule has 0 aromatic heterocycles. The zero-order chi connectivity index (χ0) is 18.9. The van der Waals surface area contributed by atoms with E-state index in [0.717, 1.165) is 10.0 Å². The number of rotatable bonds is 8. The van der Waals surface area contributed by atoms with Crippen molar-refractivity contribution in [1.82, 2.24) is 0 Å². The summed E-state index contributed by atoms with van der Waals surface area (Å²) in [5.41, 5.74) is 1.34. The van der Waals surface area contributed by atoms with E-state index in [4.69, 9.17) is 19.5 Å². The Morgan fingerprint density at radius 1 is 1.23 bits per heavy atom. The van der Waals surface area contributed by atoms with Gasteiger partial charge in [0.1, 0.15) is 11.8 Å². The lowest BCUT2D eigenvalue weighted by Crippen LogP contribution is -1.97. The number of ether oxygens (including phenoxy) is 3. The molecule has 26 heavy (non-hydrogen) atoms. The average Bonchev–Trinajstić information content (AvgIpc) is 2.65. The number of halogens is 1. The van der Waals surface area contributed by atoms with Crippen molar-refractivity contribution in [3.63, 3.8) is 0 Å². The highest BCUT2D eigenvalue weighted by Gasteiger charge is 2.10. The maximum absolute atomic E-state index is 12.3. The molecule has 134 valence electrons. The fourth-order valence-electron chi connectivity index (χ4n) is 2.24. The fraction of sp³-hybridized carbons (Fsp3) is 0.200. The van der Waals surface area contributed by atoms with E-state index in [-0.39, 0.29) is 12.4 Å². The quantitative estimate of drug-likeness (QED) is 0.463. The molecule has 0 radical (unpaired) electrons. The molecule has 0 heterocycles. The summed E-state index contributed by atoms with van der Waals surface area (Å²) in [4.78, 5) is 12.3. The first kappa shape index (κ1) is 19.5. The van der Waals surface area contributed by atoms with Crippen LogP contribution in [-0.2, 0) is 0 Å². The second kappa shape index (κ2) is 9.64. The second-order valence-corrected chi connectivity index (χ2v) is 5.99. The predicted octanol–water partition coefficient (Wildman–Crippen LogP) is 4.65. The number of hydrogen-bond donors (Lipinski definition) is 0. The third-order valence-corrected chi connectivity index (χ3v) is 3.99. The summed E-state index contributed by atoms with van der Waals surface area (Å²) in [6.07, 6.45) is 3.21. The maximum atomic E-state index is 12.3. The number of carbonyl (C=O) groups excluding carboxylic acids is 1. The number of ketones is 1. The van der Waals surface area contributed by atoms with Crippen LogP contribution in [0, 0.1) is 11.3 Å². The Morgan fingerprint density at radius 3 is 2.58 bits per heavy atom. The normalized spacial score (nSPS) is 10.4. The highest BCUT2D eigenvalue weighted by molar-refractivity contribution is 9.10. The molecule has 0 bridgehead atoms. The zero-order valence-electron chi connectivity index (χ0n) is 14.5. The number of allylic oxidation sites excluding steroid dienone is 1. The Morgan fingerprint density at radius 2 is 1.96 bits per heavy atom. The summed E-state index contributed by atoms with van der Waals surface area (Å²) in [6, 6.07) is 12.2. The molecule has 0 saturated heterocycles. The molecule has 0 N–H and O–H groups in total. The molecule has 0 fully saturated rings. The lowest BCUT2D eigenvalue weighted by molar-refractivity contribution is 0.104. The van der Waals surface area contributed by atoms with Gasteiger partial charge in [0.05, 0.1) is 18.2 Å².